The third kappa shape index (κ3) is 2.36. The van der Waals surface area contributed by atoms with E-state index in [4.69, 9.17) is 23.2 Å². The summed E-state index contributed by atoms with van der Waals surface area (Å²) >= 11 is 13.8. The Hall–Kier alpha value is -1.10. The molecule has 0 atom stereocenters. The predicted octanol–water partition coefficient (Wildman–Crippen LogP) is 4.24. The van der Waals surface area contributed by atoms with E-state index in [1.54, 1.807) is 11.3 Å². The second kappa shape index (κ2) is 5.12. The molecule has 0 bridgehead atoms. The average Bonchev–Trinajstić information content (AvgIpc) is 2.96. The molecular weight excluding hydrogens is 301 g/mol. The van der Waals surface area contributed by atoms with Gasteiger partial charge in [-0.15, -0.1) is 22.9 Å². The van der Waals surface area contributed by atoms with E-state index in [9.17, 15) is 0 Å². The van der Waals surface area contributed by atoms with Gasteiger partial charge in [0, 0.05) is 11.1 Å². The third-order valence-electron chi connectivity index (χ3n) is 2.91. The third-order valence-corrected chi connectivity index (χ3v) is 4.35. The Morgan fingerprint density at radius 2 is 2.21 bits per heavy atom. The van der Waals surface area contributed by atoms with Crippen LogP contribution < -0.4 is 0 Å². The maximum absolute atomic E-state index is 6.18. The van der Waals surface area contributed by atoms with E-state index < -0.39 is 0 Å². The molecule has 3 aromatic rings. The first-order valence-corrected chi connectivity index (χ1v) is 7.53. The number of imidazole rings is 1. The lowest BCUT2D eigenvalue weighted by atomic mass is 10.3. The lowest BCUT2D eigenvalue weighted by molar-refractivity contribution is 0.787. The molecule has 0 unspecified atom stereocenters. The molecule has 0 saturated carbocycles. The molecule has 0 N–H and O–H groups in total. The molecule has 98 valence electrons. The van der Waals surface area contributed by atoms with Gasteiger partial charge in [0.25, 0.3) is 0 Å². The van der Waals surface area contributed by atoms with Crippen LogP contribution in [-0.2, 0) is 12.4 Å². The summed E-state index contributed by atoms with van der Waals surface area (Å²) < 4.78 is 2.10. The van der Waals surface area contributed by atoms with Crippen LogP contribution in [0.3, 0.4) is 0 Å². The van der Waals surface area contributed by atoms with Crippen molar-refractivity contribution in [3.8, 4) is 0 Å². The van der Waals surface area contributed by atoms with Gasteiger partial charge in [-0.05, 0) is 19.1 Å². The van der Waals surface area contributed by atoms with Crippen molar-refractivity contribution in [3.05, 3.63) is 45.1 Å². The van der Waals surface area contributed by atoms with E-state index >= 15 is 0 Å². The number of aromatic nitrogens is 3. The summed E-state index contributed by atoms with van der Waals surface area (Å²) in [5.74, 6) is 1.19. The first-order chi connectivity index (χ1) is 9.19. The smallest absolute Gasteiger partial charge is 0.125 e. The monoisotopic (exact) mass is 311 g/mol. The van der Waals surface area contributed by atoms with E-state index in [1.165, 1.54) is 4.88 Å². The number of hydrogen-bond donors (Lipinski definition) is 0. The number of para-hydroxylation sites is 1. The maximum Gasteiger partial charge on any atom is 0.125 e. The van der Waals surface area contributed by atoms with Gasteiger partial charge in [-0.1, -0.05) is 17.7 Å². The number of fused-ring (bicyclic) bond motifs is 1. The summed E-state index contributed by atoms with van der Waals surface area (Å²) in [5, 5.41) is 1.72. The Labute approximate surface area is 124 Å². The molecule has 0 fully saturated rings. The van der Waals surface area contributed by atoms with Gasteiger partial charge in [0.2, 0.25) is 0 Å². The topological polar surface area (TPSA) is 30.7 Å². The van der Waals surface area contributed by atoms with Crippen LogP contribution in [0.2, 0.25) is 5.02 Å². The standard InChI is InChI=1S/C13H11Cl2N3S/c1-8-16-6-9(19-8)7-18-11-4-2-3-10(15)13(11)17-12(18)5-14/h2-4,6H,5,7H2,1H3. The fourth-order valence-electron chi connectivity index (χ4n) is 2.07. The zero-order valence-electron chi connectivity index (χ0n) is 10.2. The summed E-state index contributed by atoms with van der Waals surface area (Å²) in [7, 11) is 0. The number of rotatable bonds is 3. The SMILES string of the molecule is Cc1ncc(Cn2c(CCl)nc3c(Cl)cccc32)s1. The van der Waals surface area contributed by atoms with Gasteiger partial charge in [-0.25, -0.2) is 9.97 Å². The van der Waals surface area contributed by atoms with Gasteiger partial charge in [-0.2, -0.15) is 0 Å². The van der Waals surface area contributed by atoms with Crippen molar-refractivity contribution in [3.63, 3.8) is 0 Å². The highest BCUT2D eigenvalue weighted by Crippen LogP contribution is 2.26. The molecule has 0 amide bonds. The molecule has 0 aliphatic heterocycles. The van der Waals surface area contributed by atoms with Crippen LogP contribution in [0.5, 0.6) is 0 Å². The van der Waals surface area contributed by atoms with Crippen LogP contribution in [0, 0.1) is 6.92 Å². The molecule has 19 heavy (non-hydrogen) atoms. The van der Waals surface area contributed by atoms with E-state index in [2.05, 4.69) is 14.5 Å². The summed E-state index contributed by atoms with van der Waals surface area (Å²) in [6.45, 7) is 2.73. The number of benzene rings is 1. The highest BCUT2D eigenvalue weighted by atomic mass is 35.5. The number of hydrogen-bond acceptors (Lipinski definition) is 3. The minimum absolute atomic E-state index is 0.364. The molecule has 3 nitrogen and oxygen atoms in total. The number of thiazole rings is 1. The van der Waals surface area contributed by atoms with Crippen molar-refractivity contribution in [1.82, 2.24) is 14.5 Å². The Kier molecular flexibility index (Phi) is 3.48. The van der Waals surface area contributed by atoms with Crippen LogP contribution in [0.4, 0.5) is 0 Å². The van der Waals surface area contributed by atoms with Gasteiger partial charge in [0.15, 0.2) is 0 Å². The zero-order valence-corrected chi connectivity index (χ0v) is 12.6. The highest BCUT2D eigenvalue weighted by Gasteiger charge is 2.13. The summed E-state index contributed by atoms with van der Waals surface area (Å²) in [4.78, 5) is 9.98. The van der Waals surface area contributed by atoms with E-state index in [1.807, 2.05) is 31.3 Å². The molecule has 2 heterocycles. The Morgan fingerprint density at radius 3 is 2.89 bits per heavy atom. The van der Waals surface area contributed by atoms with Gasteiger partial charge >= 0.3 is 0 Å². The van der Waals surface area contributed by atoms with Crippen LogP contribution in [0.25, 0.3) is 11.0 Å². The Balaban J connectivity index is 2.13. The maximum atomic E-state index is 6.18. The normalized spacial score (nSPS) is 11.3. The lowest BCUT2D eigenvalue weighted by Gasteiger charge is -2.05. The van der Waals surface area contributed by atoms with Crippen molar-refractivity contribution in [2.75, 3.05) is 0 Å². The Bertz CT molecular complexity index is 733. The molecule has 0 aliphatic carbocycles. The molecule has 2 aromatic heterocycles. The van der Waals surface area contributed by atoms with Crippen LogP contribution >= 0.6 is 34.5 Å². The first-order valence-electron chi connectivity index (χ1n) is 5.80. The lowest BCUT2D eigenvalue weighted by Crippen LogP contribution is -2.02. The van der Waals surface area contributed by atoms with Crippen LogP contribution in [0.15, 0.2) is 24.4 Å². The molecule has 6 heteroatoms. The second-order valence-electron chi connectivity index (χ2n) is 4.20. The summed E-state index contributed by atoms with van der Waals surface area (Å²) in [6.07, 6.45) is 1.90. The van der Waals surface area contributed by atoms with Gasteiger partial charge in [0.05, 0.1) is 28.0 Å². The number of alkyl halides is 1. The van der Waals surface area contributed by atoms with Crippen molar-refractivity contribution >= 4 is 45.6 Å². The molecule has 1 aromatic carbocycles. The molecule has 0 radical (unpaired) electrons. The van der Waals surface area contributed by atoms with Crippen molar-refractivity contribution in [2.24, 2.45) is 0 Å². The van der Waals surface area contributed by atoms with Gasteiger partial charge in [-0.3, -0.25) is 0 Å². The Morgan fingerprint density at radius 1 is 1.37 bits per heavy atom. The van der Waals surface area contributed by atoms with Crippen molar-refractivity contribution in [2.45, 2.75) is 19.3 Å². The minimum Gasteiger partial charge on any atom is -0.322 e. The van der Waals surface area contributed by atoms with Crippen LogP contribution in [0.1, 0.15) is 15.7 Å². The fourth-order valence-corrected chi connectivity index (χ4v) is 3.27. The molecule has 3 rings (SSSR count). The quantitative estimate of drug-likeness (QED) is 0.677. The fraction of sp³-hybridized carbons (Fsp3) is 0.231. The summed E-state index contributed by atoms with van der Waals surface area (Å²) in [5.41, 5.74) is 1.82. The summed E-state index contributed by atoms with van der Waals surface area (Å²) in [6, 6.07) is 5.78. The second-order valence-corrected chi connectivity index (χ2v) is 6.19. The molecular formula is C13H11Cl2N3S. The number of halogens is 2. The average molecular weight is 312 g/mol. The van der Waals surface area contributed by atoms with Gasteiger partial charge < -0.3 is 4.57 Å². The van der Waals surface area contributed by atoms with Crippen molar-refractivity contribution < 1.29 is 0 Å². The minimum atomic E-state index is 0.364. The molecule has 0 saturated heterocycles. The number of aryl methyl sites for hydroxylation is 1. The highest BCUT2D eigenvalue weighted by molar-refractivity contribution is 7.11. The van der Waals surface area contributed by atoms with E-state index in [0.29, 0.717) is 10.9 Å². The predicted molar refractivity (Wildman–Crippen MR) is 80.3 cm³/mol. The first kappa shape index (κ1) is 12.9. The molecule has 0 aliphatic rings. The zero-order chi connectivity index (χ0) is 13.4. The van der Waals surface area contributed by atoms with Crippen molar-refractivity contribution in [1.29, 1.82) is 0 Å². The molecule has 0 spiro atoms. The largest absolute Gasteiger partial charge is 0.322 e. The van der Waals surface area contributed by atoms with Gasteiger partial charge in [0.1, 0.15) is 11.3 Å². The van der Waals surface area contributed by atoms with E-state index in [-0.39, 0.29) is 0 Å². The number of nitrogens with zero attached hydrogens (tertiary/aromatic N) is 3. The van der Waals surface area contributed by atoms with Crippen LogP contribution in [-0.4, -0.2) is 14.5 Å². The van der Waals surface area contributed by atoms with E-state index in [0.717, 1.165) is 28.4 Å².